The highest BCUT2D eigenvalue weighted by Crippen LogP contribution is 2.43. The summed E-state index contributed by atoms with van der Waals surface area (Å²) in [5.74, 6) is -0.500. The lowest BCUT2D eigenvalue weighted by Crippen LogP contribution is -2.47. The Hall–Kier alpha value is -1.51. The van der Waals surface area contributed by atoms with Gasteiger partial charge in [0.15, 0.2) is 0 Å². The van der Waals surface area contributed by atoms with Crippen molar-refractivity contribution in [2.45, 2.75) is 283 Å². The topological polar surface area (TPSA) is 111 Å². The number of hydrogen-bond acceptors (Lipinski definition) is 6. The average molecular weight is 954 g/mol. The molecule has 0 rings (SSSR count). The molecule has 0 aromatic carbocycles. The molecule has 3 atom stereocenters. The van der Waals surface area contributed by atoms with Crippen molar-refractivity contribution in [3.63, 3.8) is 0 Å². The Morgan fingerprint density at radius 2 is 0.879 bits per heavy atom. The van der Waals surface area contributed by atoms with Crippen LogP contribution in [0.25, 0.3) is 0 Å². The standard InChI is InChI=1S/C56H109N2O7P/c1-7-10-13-16-19-22-25-28-29-31-34-37-40-43-46-49-56(60)65-54(47-44-41-38-35-32-27-24-21-18-15-12-9-3)53(52-64-66(61,62)63-51-50-58(4,5)6)57-55(59)48-45-42-39-36-33-30-26-23-20-17-14-11-8-2/h22,25,44,47,53-54H,7-21,23-24,26-43,45-46,48-52H2,1-6H3,(H-,57,59,61,62)/p+1/b25-22-,47-44+. The largest absolute Gasteiger partial charge is 0.472 e. The van der Waals surface area contributed by atoms with Gasteiger partial charge >= 0.3 is 13.8 Å². The zero-order valence-corrected chi connectivity index (χ0v) is 45.3. The van der Waals surface area contributed by atoms with Gasteiger partial charge in [-0.05, 0) is 57.4 Å². The molecule has 0 aliphatic heterocycles. The summed E-state index contributed by atoms with van der Waals surface area (Å²) in [6, 6.07) is -0.842. The number of carbonyl (C=O) groups is 2. The summed E-state index contributed by atoms with van der Waals surface area (Å²) in [5.41, 5.74) is 0. The smallest absolute Gasteiger partial charge is 0.456 e. The molecule has 0 fully saturated rings. The summed E-state index contributed by atoms with van der Waals surface area (Å²) in [7, 11) is 1.50. The van der Waals surface area contributed by atoms with E-state index in [2.05, 4.69) is 38.2 Å². The van der Waals surface area contributed by atoms with Crippen molar-refractivity contribution >= 4 is 19.7 Å². The van der Waals surface area contributed by atoms with Crippen LogP contribution in [0.2, 0.25) is 0 Å². The van der Waals surface area contributed by atoms with Crippen LogP contribution >= 0.6 is 7.82 Å². The number of carbonyl (C=O) groups excluding carboxylic acids is 2. The van der Waals surface area contributed by atoms with Gasteiger partial charge in [0.1, 0.15) is 19.3 Å². The highest BCUT2D eigenvalue weighted by molar-refractivity contribution is 7.47. The minimum atomic E-state index is -4.43. The molecule has 66 heavy (non-hydrogen) atoms. The number of quaternary nitrogens is 1. The van der Waals surface area contributed by atoms with E-state index in [1.807, 2.05) is 33.3 Å². The van der Waals surface area contributed by atoms with Crippen LogP contribution in [0.15, 0.2) is 24.3 Å². The van der Waals surface area contributed by atoms with Gasteiger partial charge in [-0.15, -0.1) is 0 Å². The first-order valence-electron chi connectivity index (χ1n) is 28.2. The van der Waals surface area contributed by atoms with Gasteiger partial charge in [0.2, 0.25) is 5.91 Å². The van der Waals surface area contributed by atoms with E-state index < -0.39 is 20.0 Å². The Balaban J connectivity index is 5.36. The lowest BCUT2D eigenvalue weighted by Gasteiger charge is -2.27. The number of unbranched alkanes of at least 4 members (excludes halogenated alkanes) is 33. The molecule has 0 saturated carbocycles. The Bertz CT molecular complexity index is 1190. The van der Waals surface area contributed by atoms with Gasteiger partial charge in [0, 0.05) is 12.8 Å². The number of likely N-dealkylation sites (N-methyl/N-ethyl adjacent to an activating group) is 1. The predicted molar refractivity (Wildman–Crippen MR) is 282 cm³/mol. The monoisotopic (exact) mass is 954 g/mol. The van der Waals surface area contributed by atoms with E-state index >= 15 is 0 Å². The number of hydrogen-bond donors (Lipinski definition) is 2. The quantitative estimate of drug-likeness (QED) is 0.0205. The van der Waals surface area contributed by atoms with Gasteiger partial charge in [0.25, 0.3) is 0 Å². The fourth-order valence-corrected chi connectivity index (χ4v) is 8.96. The van der Waals surface area contributed by atoms with E-state index in [-0.39, 0.29) is 25.1 Å². The highest BCUT2D eigenvalue weighted by atomic mass is 31.2. The van der Waals surface area contributed by atoms with E-state index in [9.17, 15) is 19.0 Å². The second-order valence-corrected chi connectivity index (χ2v) is 21.9. The van der Waals surface area contributed by atoms with Gasteiger partial charge in [-0.3, -0.25) is 18.6 Å². The van der Waals surface area contributed by atoms with Crippen LogP contribution in [0.1, 0.15) is 271 Å². The molecule has 3 unspecified atom stereocenters. The first-order valence-corrected chi connectivity index (χ1v) is 29.7. The van der Waals surface area contributed by atoms with Crippen LogP contribution in [-0.2, 0) is 27.9 Å². The first-order chi connectivity index (χ1) is 31.9. The van der Waals surface area contributed by atoms with E-state index in [1.165, 1.54) is 180 Å². The van der Waals surface area contributed by atoms with Crippen molar-refractivity contribution in [1.82, 2.24) is 5.32 Å². The van der Waals surface area contributed by atoms with Crippen LogP contribution in [0.3, 0.4) is 0 Å². The third-order valence-corrected chi connectivity index (χ3v) is 13.6. The minimum Gasteiger partial charge on any atom is -0.456 e. The third kappa shape index (κ3) is 47.6. The number of nitrogens with zero attached hydrogens (tertiary/aromatic N) is 1. The Morgan fingerprint density at radius 3 is 1.30 bits per heavy atom. The van der Waals surface area contributed by atoms with E-state index in [0.29, 0.717) is 23.9 Å². The second kappa shape index (κ2) is 47.2. The number of allylic oxidation sites excluding steroid dienone is 3. The predicted octanol–water partition coefficient (Wildman–Crippen LogP) is 16.6. The van der Waals surface area contributed by atoms with Crippen LogP contribution in [0.4, 0.5) is 0 Å². The SMILES string of the molecule is CCCCCC/C=C\CCCCCCCCCC(=O)OC(/C=C/CCCCCCCCCCCC)C(COP(=O)(O)OCC[N+](C)(C)C)NC(=O)CCCCCCCCCCCCCCC. The van der Waals surface area contributed by atoms with Gasteiger partial charge in [-0.1, -0.05) is 225 Å². The van der Waals surface area contributed by atoms with Crippen molar-refractivity contribution in [2.75, 3.05) is 40.9 Å². The summed E-state index contributed by atoms with van der Waals surface area (Å²) in [6.07, 6.45) is 53.0. The molecule has 0 aromatic rings. The molecule has 10 heteroatoms. The number of nitrogens with one attached hydrogen (secondary N) is 1. The van der Waals surface area contributed by atoms with Crippen molar-refractivity contribution in [1.29, 1.82) is 0 Å². The molecule has 9 nitrogen and oxygen atoms in total. The van der Waals surface area contributed by atoms with Gasteiger partial charge in [0.05, 0.1) is 33.8 Å². The van der Waals surface area contributed by atoms with Crippen molar-refractivity contribution in [3.05, 3.63) is 24.3 Å². The maximum atomic E-state index is 13.5. The lowest BCUT2D eigenvalue weighted by molar-refractivity contribution is -0.870. The minimum absolute atomic E-state index is 0.0428. The number of phosphoric ester groups is 1. The zero-order valence-electron chi connectivity index (χ0n) is 44.5. The van der Waals surface area contributed by atoms with E-state index in [4.69, 9.17) is 13.8 Å². The molecule has 2 N–H and O–H groups in total. The molecule has 0 heterocycles. The van der Waals surface area contributed by atoms with Crippen LogP contribution in [0.5, 0.6) is 0 Å². The molecule has 0 saturated heterocycles. The maximum Gasteiger partial charge on any atom is 0.472 e. The molecular formula is C56H110N2O7P+. The molecular weight excluding hydrogens is 844 g/mol. The number of ether oxygens (including phenoxy) is 1. The fraction of sp³-hybridized carbons (Fsp3) is 0.893. The van der Waals surface area contributed by atoms with Gasteiger partial charge < -0.3 is 19.4 Å². The molecule has 0 bridgehead atoms. The fourth-order valence-electron chi connectivity index (χ4n) is 8.23. The second-order valence-electron chi connectivity index (χ2n) is 20.5. The summed E-state index contributed by atoms with van der Waals surface area (Å²) in [4.78, 5) is 37.5. The highest BCUT2D eigenvalue weighted by Gasteiger charge is 2.30. The van der Waals surface area contributed by atoms with Crippen LogP contribution in [0, 0.1) is 0 Å². The Kier molecular flexibility index (Phi) is 46.1. The Morgan fingerprint density at radius 1 is 0.515 bits per heavy atom. The summed E-state index contributed by atoms with van der Waals surface area (Å²) < 4.78 is 30.6. The normalized spacial score (nSPS) is 14.0. The number of phosphoric acid groups is 1. The molecule has 0 aliphatic carbocycles. The van der Waals surface area contributed by atoms with Gasteiger partial charge in [-0.25, -0.2) is 4.57 Å². The number of esters is 1. The molecule has 390 valence electrons. The Labute approximate surface area is 409 Å². The van der Waals surface area contributed by atoms with Crippen molar-refractivity contribution in [2.24, 2.45) is 0 Å². The van der Waals surface area contributed by atoms with Crippen LogP contribution in [-0.4, -0.2) is 74.3 Å². The van der Waals surface area contributed by atoms with Crippen LogP contribution < -0.4 is 5.32 Å². The molecule has 0 aromatic heterocycles. The first kappa shape index (κ1) is 64.5. The average Bonchev–Trinajstić information content (AvgIpc) is 3.27. The molecule has 0 aliphatic rings. The lowest BCUT2D eigenvalue weighted by atomic mass is 10.0. The molecule has 0 radical (unpaired) electrons. The summed E-state index contributed by atoms with van der Waals surface area (Å²) in [6.45, 7) is 7.01. The number of rotatable bonds is 51. The third-order valence-electron chi connectivity index (χ3n) is 12.6. The zero-order chi connectivity index (χ0) is 48.7. The number of amides is 1. The molecule has 1 amide bonds. The maximum absolute atomic E-state index is 13.5. The van der Waals surface area contributed by atoms with Gasteiger partial charge in [-0.2, -0.15) is 0 Å². The van der Waals surface area contributed by atoms with Crippen molar-refractivity contribution < 1.29 is 37.3 Å². The summed E-state index contributed by atoms with van der Waals surface area (Å²) >= 11 is 0. The van der Waals surface area contributed by atoms with E-state index in [0.717, 1.165) is 57.8 Å². The summed E-state index contributed by atoms with van der Waals surface area (Å²) in [5, 5.41) is 3.05. The van der Waals surface area contributed by atoms with E-state index in [1.54, 1.807) is 0 Å². The van der Waals surface area contributed by atoms with Crippen molar-refractivity contribution in [3.8, 4) is 0 Å². The molecule has 0 spiro atoms.